The largest absolute Gasteiger partial charge is 0.490 e. The number of hydrogen-bond donors (Lipinski definition) is 1. The second-order valence-corrected chi connectivity index (χ2v) is 5.54. The lowest BCUT2D eigenvalue weighted by molar-refractivity contribution is 0.297. The topological polar surface area (TPSA) is 30.5 Å². The lowest BCUT2D eigenvalue weighted by Crippen LogP contribution is -2.18. The Morgan fingerprint density at radius 3 is 2.37 bits per heavy atom. The molecule has 1 aromatic rings. The van der Waals surface area contributed by atoms with Gasteiger partial charge in [0.2, 0.25) is 0 Å². The van der Waals surface area contributed by atoms with E-state index in [2.05, 4.69) is 17.4 Å². The smallest absolute Gasteiger partial charge is 0.163 e. The molecule has 0 bridgehead atoms. The van der Waals surface area contributed by atoms with Crippen molar-refractivity contribution in [2.75, 3.05) is 18.5 Å². The first kappa shape index (κ1) is 12.6. The van der Waals surface area contributed by atoms with Crippen molar-refractivity contribution in [3.63, 3.8) is 0 Å². The molecule has 1 saturated carbocycles. The van der Waals surface area contributed by atoms with Crippen LogP contribution in [0.25, 0.3) is 0 Å². The molecule has 104 valence electrons. The van der Waals surface area contributed by atoms with Crippen molar-refractivity contribution in [3.8, 4) is 11.5 Å². The van der Waals surface area contributed by atoms with Crippen molar-refractivity contribution in [2.24, 2.45) is 0 Å². The summed E-state index contributed by atoms with van der Waals surface area (Å²) in [4.78, 5) is 0. The zero-order valence-corrected chi connectivity index (χ0v) is 11.5. The van der Waals surface area contributed by atoms with Gasteiger partial charge in [0.1, 0.15) is 0 Å². The number of nitrogens with one attached hydrogen (secondary N) is 1. The number of ether oxygens (including phenoxy) is 2. The highest BCUT2D eigenvalue weighted by molar-refractivity contribution is 5.55. The molecular formula is C16H23NO2. The second-order valence-electron chi connectivity index (χ2n) is 5.54. The molecule has 2 aliphatic rings. The number of benzene rings is 1. The van der Waals surface area contributed by atoms with Gasteiger partial charge in [0.05, 0.1) is 13.2 Å². The van der Waals surface area contributed by atoms with E-state index in [1.165, 1.54) is 38.5 Å². The summed E-state index contributed by atoms with van der Waals surface area (Å²) in [5, 5.41) is 3.66. The number of hydrogen-bond acceptors (Lipinski definition) is 3. The van der Waals surface area contributed by atoms with E-state index in [9.17, 15) is 0 Å². The Morgan fingerprint density at radius 2 is 1.58 bits per heavy atom. The molecule has 0 unspecified atom stereocenters. The minimum atomic E-state index is 0.618. The molecule has 0 amide bonds. The SMILES string of the molecule is c1cc2c(cc1NC1CCCCCC1)OCCCO2. The molecule has 1 heterocycles. The number of fused-ring (bicyclic) bond motifs is 1. The minimum Gasteiger partial charge on any atom is -0.490 e. The van der Waals surface area contributed by atoms with E-state index in [0.29, 0.717) is 6.04 Å². The molecular weight excluding hydrogens is 238 g/mol. The maximum Gasteiger partial charge on any atom is 0.163 e. The van der Waals surface area contributed by atoms with Crippen LogP contribution in [0.5, 0.6) is 11.5 Å². The third-order valence-electron chi connectivity index (χ3n) is 3.97. The Bertz CT molecular complexity index is 411. The van der Waals surface area contributed by atoms with Gasteiger partial charge in [-0.05, 0) is 25.0 Å². The average molecular weight is 261 g/mol. The summed E-state index contributed by atoms with van der Waals surface area (Å²) in [6.45, 7) is 1.50. The highest BCUT2D eigenvalue weighted by Gasteiger charge is 2.14. The predicted molar refractivity (Wildman–Crippen MR) is 77.2 cm³/mol. The van der Waals surface area contributed by atoms with Gasteiger partial charge in [-0.15, -0.1) is 0 Å². The highest BCUT2D eigenvalue weighted by Crippen LogP contribution is 2.33. The summed E-state index contributed by atoms with van der Waals surface area (Å²) < 4.78 is 11.4. The van der Waals surface area contributed by atoms with Gasteiger partial charge in [0.25, 0.3) is 0 Å². The van der Waals surface area contributed by atoms with E-state index in [1.807, 2.05) is 6.07 Å². The fourth-order valence-electron chi connectivity index (χ4n) is 2.91. The molecule has 1 N–H and O–H groups in total. The Kier molecular flexibility index (Phi) is 4.11. The molecule has 3 heteroatoms. The van der Waals surface area contributed by atoms with Crippen LogP contribution in [0.15, 0.2) is 18.2 Å². The Labute approximate surface area is 115 Å². The molecule has 0 saturated heterocycles. The maximum absolute atomic E-state index is 5.74. The van der Waals surface area contributed by atoms with Gasteiger partial charge in [0, 0.05) is 24.2 Å². The first-order valence-corrected chi connectivity index (χ1v) is 7.58. The standard InChI is InChI=1S/C16H23NO2/c1-2-4-7-13(6-3-1)17-14-8-9-15-16(12-14)19-11-5-10-18-15/h8-9,12-13,17H,1-7,10-11H2. The minimum absolute atomic E-state index is 0.618. The van der Waals surface area contributed by atoms with E-state index in [0.717, 1.165) is 36.8 Å². The van der Waals surface area contributed by atoms with Crippen LogP contribution in [0.3, 0.4) is 0 Å². The summed E-state index contributed by atoms with van der Waals surface area (Å²) in [5.74, 6) is 1.76. The van der Waals surface area contributed by atoms with Crippen LogP contribution >= 0.6 is 0 Å². The van der Waals surface area contributed by atoms with Crippen LogP contribution in [0.4, 0.5) is 5.69 Å². The molecule has 0 radical (unpaired) electrons. The third-order valence-corrected chi connectivity index (χ3v) is 3.97. The molecule has 0 spiro atoms. The molecule has 1 aliphatic carbocycles. The van der Waals surface area contributed by atoms with Crippen LogP contribution in [-0.2, 0) is 0 Å². The van der Waals surface area contributed by atoms with Crippen molar-refractivity contribution >= 4 is 5.69 Å². The average Bonchev–Trinajstić information content (AvgIpc) is 2.80. The molecule has 19 heavy (non-hydrogen) atoms. The fraction of sp³-hybridized carbons (Fsp3) is 0.625. The zero-order chi connectivity index (χ0) is 12.9. The monoisotopic (exact) mass is 261 g/mol. The van der Waals surface area contributed by atoms with Gasteiger partial charge >= 0.3 is 0 Å². The van der Waals surface area contributed by atoms with E-state index >= 15 is 0 Å². The van der Waals surface area contributed by atoms with Crippen molar-refractivity contribution in [1.82, 2.24) is 0 Å². The van der Waals surface area contributed by atoms with Crippen molar-refractivity contribution in [2.45, 2.75) is 51.0 Å². The van der Waals surface area contributed by atoms with Crippen LogP contribution < -0.4 is 14.8 Å². The van der Waals surface area contributed by atoms with Crippen LogP contribution in [0.1, 0.15) is 44.9 Å². The molecule has 0 atom stereocenters. The normalized spacial score (nSPS) is 20.4. The van der Waals surface area contributed by atoms with Gasteiger partial charge < -0.3 is 14.8 Å². The molecule has 0 aromatic heterocycles. The fourth-order valence-corrected chi connectivity index (χ4v) is 2.91. The third kappa shape index (κ3) is 3.34. The first-order chi connectivity index (χ1) is 9.42. The lowest BCUT2D eigenvalue weighted by atomic mass is 10.1. The lowest BCUT2D eigenvalue weighted by Gasteiger charge is -2.18. The zero-order valence-electron chi connectivity index (χ0n) is 11.5. The van der Waals surface area contributed by atoms with Crippen molar-refractivity contribution in [1.29, 1.82) is 0 Å². The number of rotatable bonds is 2. The summed E-state index contributed by atoms with van der Waals surface area (Å²) in [6.07, 6.45) is 9.01. The molecule has 1 fully saturated rings. The molecule has 1 aliphatic heterocycles. The summed E-state index contributed by atoms with van der Waals surface area (Å²) in [5.41, 5.74) is 1.16. The van der Waals surface area contributed by atoms with Crippen LogP contribution in [0.2, 0.25) is 0 Å². The molecule has 1 aromatic carbocycles. The first-order valence-electron chi connectivity index (χ1n) is 7.58. The van der Waals surface area contributed by atoms with Crippen LogP contribution in [-0.4, -0.2) is 19.3 Å². The summed E-state index contributed by atoms with van der Waals surface area (Å²) >= 11 is 0. The van der Waals surface area contributed by atoms with Gasteiger partial charge in [-0.25, -0.2) is 0 Å². The van der Waals surface area contributed by atoms with Crippen molar-refractivity contribution < 1.29 is 9.47 Å². The van der Waals surface area contributed by atoms with E-state index in [1.54, 1.807) is 0 Å². The quantitative estimate of drug-likeness (QED) is 0.817. The van der Waals surface area contributed by atoms with Gasteiger partial charge in [-0.2, -0.15) is 0 Å². The predicted octanol–water partition coefficient (Wildman–Crippen LogP) is 3.98. The summed E-state index contributed by atoms with van der Waals surface area (Å²) in [6, 6.07) is 6.84. The Hall–Kier alpha value is -1.38. The van der Waals surface area contributed by atoms with E-state index in [-0.39, 0.29) is 0 Å². The molecule has 3 nitrogen and oxygen atoms in total. The van der Waals surface area contributed by atoms with E-state index in [4.69, 9.17) is 9.47 Å². The Balaban J connectivity index is 1.68. The van der Waals surface area contributed by atoms with Gasteiger partial charge in [-0.1, -0.05) is 25.7 Å². The van der Waals surface area contributed by atoms with E-state index < -0.39 is 0 Å². The summed E-state index contributed by atoms with van der Waals surface area (Å²) in [7, 11) is 0. The van der Waals surface area contributed by atoms with Gasteiger partial charge in [0.15, 0.2) is 11.5 Å². The van der Waals surface area contributed by atoms with Gasteiger partial charge in [-0.3, -0.25) is 0 Å². The van der Waals surface area contributed by atoms with Crippen LogP contribution in [0, 0.1) is 0 Å². The van der Waals surface area contributed by atoms with Crippen molar-refractivity contribution in [3.05, 3.63) is 18.2 Å². The second kappa shape index (κ2) is 6.18. The number of anilines is 1. The Morgan fingerprint density at radius 1 is 0.842 bits per heavy atom. The highest BCUT2D eigenvalue weighted by atomic mass is 16.5. The molecule has 3 rings (SSSR count). The maximum atomic E-state index is 5.74.